The van der Waals surface area contributed by atoms with Crippen molar-refractivity contribution < 1.29 is 8.78 Å². The maximum absolute atomic E-state index is 13.5. The van der Waals surface area contributed by atoms with E-state index in [9.17, 15) is 8.78 Å². The normalized spacial score (nSPS) is 12.6. The van der Waals surface area contributed by atoms with E-state index in [0.717, 1.165) is 6.07 Å². The monoisotopic (exact) mass is 238 g/mol. The van der Waals surface area contributed by atoms with Crippen molar-refractivity contribution in [1.29, 1.82) is 0 Å². The van der Waals surface area contributed by atoms with E-state index in [1.54, 1.807) is 13.2 Å². The Balaban J connectivity index is 2.19. The van der Waals surface area contributed by atoms with Crippen LogP contribution < -0.4 is 5.32 Å². The summed E-state index contributed by atoms with van der Waals surface area (Å²) in [6, 6.07) is 3.40. The number of likely N-dealkylation sites (N-methyl/N-ethyl adjacent to an activating group) is 1. The van der Waals surface area contributed by atoms with Gasteiger partial charge in [0.25, 0.3) is 0 Å². The van der Waals surface area contributed by atoms with Gasteiger partial charge in [-0.05, 0) is 25.1 Å². The number of hydrogen-bond acceptors (Lipinski definition) is 3. The highest BCUT2D eigenvalue weighted by Crippen LogP contribution is 2.18. The topological polar surface area (TPSA) is 53.6 Å². The summed E-state index contributed by atoms with van der Waals surface area (Å²) in [7, 11) is 1.75. The number of hydrogen-bond donors (Lipinski definition) is 2. The maximum atomic E-state index is 13.5. The van der Waals surface area contributed by atoms with Gasteiger partial charge in [0.15, 0.2) is 0 Å². The van der Waals surface area contributed by atoms with Gasteiger partial charge in [0.2, 0.25) is 0 Å². The quantitative estimate of drug-likeness (QED) is 0.850. The molecule has 0 spiro atoms. The number of benzene rings is 1. The highest BCUT2D eigenvalue weighted by atomic mass is 19.1. The zero-order chi connectivity index (χ0) is 12.3. The lowest BCUT2D eigenvalue weighted by Crippen LogP contribution is -2.19. The summed E-state index contributed by atoms with van der Waals surface area (Å²) < 4.78 is 26.2. The van der Waals surface area contributed by atoms with Crippen LogP contribution in [0.15, 0.2) is 24.4 Å². The Labute approximate surface area is 97.0 Å². The van der Waals surface area contributed by atoms with Crippen LogP contribution >= 0.6 is 0 Å². The van der Waals surface area contributed by atoms with E-state index in [4.69, 9.17) is 0 Å². The molecule has 0 aliphatic rings. The van der Waals surface area contributed by atoms with Gasteiger partial charge in [-0.1, -0.05) is 6.07 Å². The van der Waals surface area contributed by atoms with Crippen LogP contribution in [-0.2, 0) is 6.42 Å². The van der Waals surface area contributed by atoms with Crippen molar-refractivity contribution >= 4 is 0 Å². The second kappa shape index (κ2) is 5.01. The van der Waals surface area contributed by atoms with Crippen LogP contribution in [0.2, 0.25) is 0 Å². The van der Waals surface area contributed by atoms with Gasteiger partial charge in [0.1, 0.15) is 11.6 Å². The fourth-order valence-corrected chi connectivity index (χ4v) is 1.64. The number of rotatable bonds is 4. The summed E-state index contributed by atoms with van der Waals surface area (Å²) in [5.74, 6) is -1.12. The van der Waals surface area contributed by atoms with Crippen LogP contribution in [0.5, 0.6) is 0 Å². The smallest absolute Gasteiger partial charge is 0.129 e. The molecule has 1 aromatic heterocycles. The van der Waals surface area contributed by atoms with Crippen molar-refractivity contribution in [2.45, 2.75) is 12.5 Å². The molecule has 2 N–H and O–H groups in total. The number of aromatic amines is 1. The Morgan fingerprint density at radius 3 is 2.82 bits per heavy atom. The lowest BCUT2D eigenvalue weighted by molar-refractivity contribution is 0.533. The molecule has 1 aromatic carbocycles. The molecule has 6 heteroatoms. The molecule has 0 amide bonds. The SMILES string of the molecule is CNC(Cc1ccc(F)cc1F)c1cn[nH]n1. The zero-order valence-corrected chi connectivity index (χ0v) is 9.24. The molecular formula is C11H12F2N4. The van der Waals surface area contributed by atoms with Gasteiger partial charge in [-0.2, -0.15) is 15.4 Å². The van der Waals surface area contributed by atoms with Gasteiger partial charge in [0, 0.05) is 6.07 Å². The molecule has 0 saturated carbocycles. The molecule has 0 saturated heterocycles. The Bertz CT molecular complexity index is 484. The molecule has 0 aliphatic heterocycles. The molecule has 0 aliphatic carbocycles. The summed E-state index contributed by atoms with van der Waals surface area (Å²) in [5, 5.41) is 13.1. The van der Waals surface area contributed by atoms with Gasteiger partial charge < -0.3 is 5.32 Å². The van der Waals surface area contributed by atoms with Gasteiger partial charge in [-0.15, -0.1) is 0 Å². The van der Waals surface area contributed by atoms with Crippen molar-refractivity contribution in [1.82, 2.24) is 20.7 Å². The Hall–Kier alpha value is -1.82. The molecule has 0 bridgehead atoms. The average molecular weight is 238 g/mol. The summed E-state index contributed by atoms with van der Waals surface area (Å²) in [6.45, 7) is 0. The third-order valence-corrected chi connectivity index (χ3v) is 2.58. The highest BCUT2D eigenvalue weighted by Gasteiger charge is 2.15. The van der Waals surface area contributed by atoms with E-state index in [2.05, 4.69) is 20.7 Å². The van der Waals surface area contributed by atoms with E-state index >= 15 is 0 Å². The maximum Gasteiger partial charge on any atom is 0.129 e. The third-order valence-electron chi connectivity index (χ3n) is 2.58. The molecular weight excluding hydrogens is 226 g/mol. The molecule has 2 aromatic rings. The van der Waals surface area contributed by atoms with Gasteiger partial charge in [-0.25, -0.2) is 8.78 Å². The minimum Gasteiger partial charge on any atom is -0.311 e. The lowest BCUT2D eigenvalue weighted by atomic mass is 10.0. The molecule has 0 fully saturated rings. The predicted molar refractivity (Wildman–Crippen MR) is 58.2 cm³/mol. The summed E-state index contributed by atoms with van der Waals surface area (Å²) in [4.78, 5) is 0. The molecule has 17 heavy (non-hydrogen) atoms. The fourth-order valence-electron chi connectivity index (χ4n) is 1.64. The number of H-pyrrole nitrogens is 1. The van der Waals surface area contributed by atoms with Crippen molar-refractivity contribution in [3.05, 3.63) is 47.3 Å². The fraction of sp³-hybridized carbons (Fsp3) is 0.273. The number of nitrogens with zero attached hydrogens (tertiary/aromatic N) is 2. The average Bonchev–Trinajstić information content (AvgIpc) is 2.81. The van der Waals surface area contributed by atoms with Crippen LogP contribution in [0.1, 0.15) is 17.3 Å². The van der Waals surface area contributed by atoms with E-state index in [1.807, 2.05) is 0 Å². The number of halogens is 2. The minimum atomic E-state index is -0.575. The van der Waals surface area contributed by atoms with Crippen molar-refractivity contribution in [3.8, 4) is 0 Å². The van der Waals surface area contributed by atoms with Gasteiger partial charge >= 0.3 is 0 Å². The van der Waals surface area contributed by atoms with E-state index in [0.29, 0.717) is 17.7 Å². The van der Waals surface area contributed by atoms with Crippen LogP contribution in [0.25, 0.3) is 0 Å². The van der Waals surface area contributed by atoms with E-state index < -0.39 is 11.6 Å². The lowest BCUT2D eigenvalue weighted by Gasteiger charge is -2.13. The largest absolute Gasteiger partial charge is 0.311 e. The first kappa shape index (κ1) is 11.7. The molecule has 0 radical (unpaired) electrons. The highest BCUT2D eigenvalue weighted by molar-refractivity contribution is 5.21. The first-order valence-corrected chi connectivity index (χ1v) is 5.17. The Kier molecular flexibility index (Phi) is 3.43. The second-order valence-electron chi connectivity index (χ2n) is 3.68. The number of nitrogens with one attached hydrogen (secondary N) is 2. The molecule has 1 atom stereocenters. The van der Waals surface area contributed by atoms with Crippen LogP contribution in [0, 0.1) is 11.6 Å². The molecule has 1 unspecified atom stereocenters. The predicted octanol–water partition coefficient (Wildman–Crippen LogP) is 1.59. The van der Waals surface area contributed by atoms with Gasteiger partial charge in [0.05, 0.1) is 17.9 Å². The molecule has 4 nitrogen and oxygen atoms in total. The summed E-state index contributed by atoms with van der Waals surface area (Å²) in [5.41, 5.74) is 1.13. The summed E-state index contributed by atoms with van der Waals surface area (Å²) >= 11 is 0. The molecule has 2 rings (SSSR count). The van der Waals surface area contributed by atoms with Gasteiger partial charge in [-0.3, -0.25) is 0 Å². The number of aromatic nitrogens is 3. The minimum absolute atomic E-state index is 0.159. The first-order valence-electron chi connectivity index (χ1n) is 5.17. The van der Waals surface area contributed by atoms with Crippen molar-refractivity contribution in [2.24, 2.45) is 0 Å². The molecule has 1 heterocycles. The van der Waals surface area contributed by atoms with Crippen molar-refractivity contribution in [3.63, 3.8) is 0 Å². The third kappa shape index (κ3) is 2.65. The van der Waals surface area contributed by atoms with E-state index in [1.165, 1.54) is 12.1 Å². The molecule has 90 valence electrons. The van der Waals surface area contributed by atoms with E-state index in [-0.39, 0.29) is 6.04 Å². The summed E-state index contributed by atoms with van der Waals surface area (Å²) in [6.07, 6.45) is 1.96. The van der Waals surface area contributed by atoms with Crippen LogP contribution in [0.4, 0.5) is 8.78 Å². The Morgan fingerprint density at radius 1 is 1.41 bits per heavy atom. The first-order chi connectivity index (χ1) is 8.20. The van der Waals surface area contributed by atoms with Crippen LogP contribution in [0.3, 0.4) is 0 Å². The Morgan fingerprint density at radius 2 is 2.24 bits per heavy atom. The standard InChI is InChI=1S/C11H12F2N4/c1-14-10(11-6-15-17-16-11)4-7-2-3-8(12)5-9(7)13/h2-3,5-6,10,14H,4H2,1H3,(H,15,16,17). The zero-order valence-electron chi connectivity index (χ0n) is 9.24. The van der Waals surface area contributed by atoms with Crippen LogP contribution in [-0.4, -0.2) is 22.5 Å². The van der Waals surface area contributed by atoms with Crippen molar-refractivity contribution in [2.75, 3.05) is 7.05 Å². The second-order valence-corrected chi connectivity index (χ2v) is 3.68.